The summed E-state index contributed by atoms with van der Waals surface area (Å²) in [6.45, 7) is 0. The molecule has 2 aromatic rings. The minimum absolute atomic E-state index is 0.223. The van der Waals surface area contributed by atoms with Gasteiger partial charge in [0.2, 0.25) is 0 Å². The van der Waals surface area contributed by atoms with Crippen LogP contribution in [0.5, 0.6) is 5.75 Å². The number of halogens is 2. The van der Waals surface area contributed by atoms with Gasteiger partial charge in [0.15, 0.2) is 0 Å². The van der Waals surface area contributed by atoms with Crippen LogP contribution in [0.25, 0.3) is 0 Å². The van der Waals surface area contributed by atoms with E-state index in [4.69, 9.17) is 22.1 Å². The van der Waals surface area contributed by atoms with Crippen LogP contribution in [-0.2, 0) is 17.2 Å². The standard InChI is InChI=1S/C15H13ClFNO2S/c16-13-7-12(2-3-14(13)18)21(19)8-11-6-9-5-10(17)1-4-15(9)20-11/h1-5,7,11H,6,8,18H2. The van der Waals surface area contributed by atoms with Crippen molar-refractivity contribution in [3.8, 4) is 5.75 Å². The highest BCUT2D eigenvalue weighted by atomic mass is 35.5. The molecule has 1 aliphatic heterocycles. The third kappa shape index (κ3) is 3.04. The average molecular weight is 326 g/mol. The molecule has 1 aliphatic rings. The molecule has 0 radical (unpaired) electrons. The van der Waals surface area contributed by atoms with Gasteiger partial charge in [-0.1, -0.05) is 11.6 Å². The molecule has 2 atom stereocenters. The summed E-state index contributed by atoms with van der Waals surface area (Å²) >= 11 is 5.93. The zero-order chi connectivity index (χ0) is 15.0. The van der Waals surface area contributed by atoms with Gasteiger partial charge >= 0.3 is 0 Å². The topological polar surface area (TPSA) is 52.3 Å². The zero-order valence-electron chi connectivity index (χ0n) is 11.0. The summed E-state index contributed by atoms with van der Waals surface area (Å²) < 4.78 is 31.2. The molecular formula is C15H13ClFNO2S. The number of rotatable bonds is 3. The second kappa shape index (κ2) is 5.66. The maximum absolute atomic E-state index is 13.2. The Balaban J connectivity index is 1.71. The first-order valence-electron chi connectivity index (χ1n) is 6.41. The van der Waals surface area contributed by atoms with E-state index in [9.17, 15) is 8.60 Å². The molecule has 0 bridgehead atoms. The number of nitrogens with two attached hydrogens (primary N) is 1. The summed E-state index contributed by atoms with van der Waals surface area (Å²) in [5.41, 5.74) is 6.90. The normalized spacial score (nSPS) is 18.1. The van der Waals surface area contributed by atoms with E-state index in [-0.39, 0.29) is 11.9 Å². The predicted octanol–water partition coefficient (Wildman–Crippen LogP) is 3.17. The predicted molar refractivity (Wildman–Crippen MR) is 81.7 cm³/mol. The van der Waals surface area contributed by atoms with Crippen molar-refractivity contribution in [3.05, 3.63) is 52.8 Å². The van der Waals surface area contributed by atoms with Crippen LogP contribution in [0.15, 0.2) is 41.3 Å². The van der Waals surface area contributed by atoms with Crippen molar-refractivity contribution in [1.29, 1.82) is 0 Å². The monoisotopic (exact) mass is 325 g/mol. The fourth-order valence-corrected chi connectivity index (χ4v) is 3.73. The lowest BCUT2D eigenvalue weighted by atomic mass is 10.1. The van der Waals surface area contributed by atoms with Gasteiger partial charge in [0.05, 0.1) is 27.3 Å². The summed E-state index contributed by atoms with van der Waals surface area (Å²) in [6, 6.07) is 9.35. The molecule has 3 nitrogen and oxygen atoms in total. The van der Waals surface area contributed by atoms with Crippen molar-refractivity contribution in [1.82, 2.24) is 0 Å². The maximum atomic E-state index is 13.2. The number of ether oxygens (including phenoxy) is 1. The minimum atomic E-state index is -1.24. The number of anilines is 1. The highest BCUT2D eigenvalue weighted by Gasteiger charge is 2.25. The zero-order valence-corrected chi connectivity index (χ0v) is 12.6. The fraction of sp³-hybridized carbons (Fsp3) is 0.200. The lowest BCUT2D eigenvalue weighted by Gasteiger charge is -2.11. The van der Waals surface area contributed by atoms with Crippen molar-refractivity contribution in [3.63, 3.8) is 0 Å². The third-order valence-corrected chi connectivity index (χ3v) is 5.12. The number of hydrogen-bond donors (Lipinski definition) is 1. The van der Waals surface area contributed by atoms with Crippen molar-refractivity contribution < 1.29 is 13.3 Å². The first kappa shape index (κ1) is 14.4. The van der Waals surface area contributed by atoms with Crippen LogP contribution in [0.2, 0.25) is 5.02 Å². The van der Waals surface area contributed by atoms with Crippen molar-refractivity contribution in [2.24, 2.45) is 0 Å². The van der Waals surface area contributed by atoms with Crippen LogP contribution in [0, 0.1) is 5.82 Å². The molecule has 0 saturated carbocycles. The summed E-state index contributed by atoms with van der Waals surface area (Å²) in [4.78, 5) is 0.611. The third-order valence-electron chi connectivity index (χ3n) is 3.34. The van der Waals surface area contributed by atoms with Crippen molar-refractivity contribution in [2.45, 2.75) is 17.4 Å². The molecular weight excluding hydrogens is 313 g/mol. The molecule has 0 aliphatic carbocycles. The van der Waals surface area contributed by atoms with E-state index in [1.165, 1.54) is 12.1 Å². The summed E-state index contributed by atoms with van der Waals surface area (Å²) in [6.07, 6.45) is 0.334. The molecule has 1 heterocycles. The highest BCUT2D eigenvalue weighted by molar-refractivity contribution is 7.85. The van der Waals surface area contributed by atoms with Crippen LogP contribution in [0.3, 0.4) is 0 Å². The molecule has 0 saturated heterocycles. The van der Waals surface area contributed by atoms with E-state index in [1.54, 1.807) is 24.3 Å². The van der Waals surface area contributed by atoms with Crippen LogP contribution < -0.4 is 10.5 Å². The molecule has 3 rings (SSSR count). The van der Waals surface area contributed by atoms with Crippen LogP contribution in [-0.4, -0.2) is 16.1 Å². The van der Waals surface area contributed by atoms with E-state index in [1.807, 2.05) is 0 Å². The fourth-order valence-electron chi connectivity index (χ4n) is 2.30. The average Bonchev–Trinajstić information content (AvgIpc) is 2.83. The SMILES string of the molecule is Nc1ccc(S(=O)CC2Cc3cc(F)ccc3O2)cc1Cl. The van der Waals surface area contributed by atoms with Gasteiger partial charge < -0.3 is 10.5 Å². The number of fused-ring (bicyclic) bond motifs is 1. The Labute approximate surface area is 129 Å². The second-order valence-electron chi connectivity index (χ2n) is 4.89. The van der Waals surface area contributed by atoms with Gasteiger partial charge in [-0.25, -0.2) is 4.39 Å². The Morgan fingerprint density at radius 2 is 2.14 bits per heavy atom. The number of hydrogen-bond acceptors (Lipinski definition) is 3. The van der Waals surface area contributed by atoms with Gasteiger partial charge in [-0.2, -0.15) is 0 Å². The summed E-state index contributed by atoms with van der Waals surface area (Å²) in [5.74, 6) is 0.703. The smallest absolute Gasteiger partial charge is 0.123 e. The first-order valence-corrected chi connectivity index (χ1v) is 8.11. The number of nitrogen functional groups attached to an aromatic ring is 1. The van der Waals surface area contributed by atoms with Gasteiger partial charge in [0, 0.05) is 16.9 Å². The molecule has 0 aromatic heterocycles. The molecule has 0 spiro atoms. The van der Waals surface area contributed by atoms with E-state index in [0.29, 0.717) is 33.5 Å². The van der Waals surface area contributed by atoms with Gasteiger partial charge in [-0.15, -0.1) is 0 Å². The molecule has 2 aromatic carbocycles. The van der Waals surface area contributed by atoms with Gasteiger partial charge in [0.25, 0.3) is 0 Å². The Hall–Kier alpha value is -1.59. The summed E-state index contributed by atoms with van der Waals surface area (Å²) in [5, 5.41) is 0.388. The van der Waals surface area contributed by atoms with E-state index < -0.39 is 10.8 Å². The molecule has 0 amide bonds. The van der Waals surface area contributed by atoms with Gasteiger partial charge in [0.1, 0.15) is 17.7 Å². The van der Waals surface area contributed by atoms with E-state index in [2.05, 4.69) is 0 Å². The lowest BCUT2D eigenvalue weighted by Crippen LogP contribution is -2.21. The van der Waals surface area contributed by atoms with Crippen LogP contribution >= 0.6 is 11.6 Å². The Kier molecular flexibility index (Phi) is 3.87. The number of benzene rings is 2. The quantitative estimate of drug-likeness (QED) is 0.882. The van der Waals surface area contributed by atoms with E-state index >= 15 is 0 Å². The lowest BCUT2D eigenvalue weighted by molar-refractivity contribution is 0.258. The Morgan fingerprint density at radius 1 is 1.33 bits per heavy atom. The molecule has 6 heteroatoms. The van der Waals surface area contributed by atoms with Crippen LogP contribution in [0.4, 0.5) is 10.1 Å². The highest BCUT2D eigenvalue weighted by Crippen LogP contribution is 2.30. The molecule has 110 valence electrons. The summed E-state index contributed by atoms with van der Waals surface area (Å²) in [7, 11) is -1.24. The maximum Gasteiger partial charge on any atom is 0.123 e. The van der Waals surface area contributed by atoms with Crippen LogP contribution in [0.1, 0.15) is 5.56 Å². The van der Waals surface area contributed by atoms with Gasteiger partial charge in [-0.05, 0) is 36.4 Å². The second-order valence-corrected chi connectivity index (χ2v) is 6.79. The first-order chi connectivity index (χ1) is 10.0. The van der Waals surface area contributed by atoms with Gasteiger partial charge in [-0.3, -0.25) is 4.21 Å². The minimum Gasteiger partial charge on any atom is -0.489 e. The Morgan fingerprint density at radius 3 is 2.90 bits per heavy atom. The van der Waals surface area contributed by atoms with E-state index in [0.717, 1.165) is 5.56 Å². The molecule has 2 N–H and O–H groups in total. The molecule has 21 heavy (non-hydrogen) atoms. The van der Waals surface area contributed by atoms with Crippen molar-refractivity contribution in [2.75, 3.05) is 11.5 Å². The Bertz CT molecular complexity index is 723. The molecule has 2 unspecified atom stereocenters. The molecule has 0 fully saturated rings. The van der Waals surface area contributed by atoms with Crippen molar-refractivity contribution >= 4 is 28.1 Å². The largest absolute Gasteiger partial charge is 0.489 e.